The molecule has 1 aromatic heterocycles. The maximum atomic E-state index is 13.5. The van der Waals surface area contributed by atoms with E-state index < -0.39 is 0 Å². The molecule has 1 fully saturated rings. The number of nitrogens with zero attached hydrogens (tertiary/aromatic N) is 3. The molecule has 1 aliphatic rings. The van der Waals surface area contributed by atoms with Gasteiger partial charge in [0.05, 0.1) is 11.6 Å². The fraction of sp³-hybridized carbons (Fsp3) is 0.278. The Morgan fingerprint density at radius 2 is 2.22 bits per heavy atom. The zero-order valence-electron chi connectivity index (χ0n) is 12.7. The van der Waals surface area contributed by atoms with Gasteiger partial charge >= 0.3 is 0 Å². The largest absolute Gasteiger partial charge is 0.330 e. The lowest BCUT2D eigenvalue weighted by Crippen LogP contribution is -2.32. The van der Waals surface area contributed by atoms with Gasteiger partial charge in [-0.25, -0.2) is 9.37 Å². The fourth-order valence-electron chi connectivity index (χ4n) is 3.11. The average Bonchev–Trinajstić information content (AvgIpc) is 2.96. The van der Waals surface area contributed by atoms with Crippen molar-refractivity contribution >= 4 is 5.91 Å². The minimum Gasteiger partial charge on any atom is -0.330 e. The van der Waals surface area contributed by atoms with E-state index in [-0.39, 0.29) is 23.7 Å². The van der Waals surface area contributed by atoms with Gasteiger partial charge in [-0.15, -0.1) is 0 Å². The SMILES string of the molecule is C[C@H]1CCN(C(=O)c2ccc(C#N)cn2)[C@H]1c1cccc(F)c1. The predicted octanol–water partition coefficient (Wildman–Crippen LogP) is 3.32. The van der Waals surface area contributed by atoms with Crippen molar-refractivity contribution in [3.05, 3.63) is 65.2 Å². The number of halogens is 1. The summed E-state index contributed by atoms with van der Waals surface area (Å²) in [4.78, 5) is 18.6. The molecule has 5 heteroatoms. The van der Waals surface area contributed by atoms with Crippen molar-refractivity contribution in [3.8, 4) is 6.07 Å². The van der Waals surface area contributed by atoms with Gasteiger partial charge in [0.15, 0.2) is 0 Å². The van der Waals surface area contributed by atoms with Crippen LogP contribution >= 0.6 is 0 Å². The number of benzene rings is 1. The summed E-state index contributed by atoms with van der Waals surface area (Å²) in [5.41, 5.74) is 1.52. The van der Waals surface area contributed by atoms with Crippen LogP contribution < -0.4 is 0 Å². The molecule has 3 rings (SSSR count). The zero-order chi connectivity index (χ0) is 16.4. The summed E-state index contributed by atoms with van der Waals surface area (Å²) < 4.78 is 13.5. The maximum absolute atomic E-state index is 13.5. The smallest absolute Gasteiger partial charge is 0.272 e. The first-order valence-electron chi connectivity index (χ1n) is 7.52. The lowest BCUT2D eigenvalue weighted by atomic mass is 9.95. The van der Waals surface area contributed by atoms with Crippen LogP contribution in [0.15, 0.2) is 42.6 Å². The third-order valence-electron chi connectivity index (χ3n) is 4.26. The number of amides is 1. The molecule has 2 heterocycles. The third kappa shape index (κ3) is 2.93. The van der Waals surface area contributed by atoms with Gasteiger partial charge in [0.1, 0.15) is 17.6 Å². The van der Waals surface area contributed by atoms with Crippen LogP contribution in [0.5, 0.6) is 0 Å². The van der Waals surface area contributed by atoms with Gasteiger partial charge in [-0.2, -0.15) is 5.26 Å². The highest BCUT2D eigenvalue weighted by Crippen LogP contribution is 2.37. The second-order valence-electron chi connectivity index (χ2n) is 5.81. The summed E-state index contributed by atoms with van der Waals surface area (Å²) >= 11 is 0. The lowest BCUT2D eigenvalue weighted by molar-refractivity contribution is 0.0714. The van der Waals surface area contributed by atoms with Gasteiger partial charge in [-0.3, -0.25) is 4.79 Å². The number of aromatic nitrogens is 1. The number of pyridine rings is 1. The van der Waals surface area contributed by atoms with Crippen molar-refractivity contribution in [2.24, 2.45) is 5.92 Å². The van der Waals surface area contributed by atoms with E-state index in [0.29, 0.717) is 17.8 Å². The Labute approximate surface area is 134 Å². The summed E-state index contributed by atoms with van der Waals surface area (Å²) in [6.45, 7) is 2.68. The van der Waals surface area contributed by atoms with E-state index in [1.54, 1.807) is 23.1 Å². The average molecular weight is 309 g/mol. The van der Waals surface area contributed by atoms with E-state index in [1.165, 1.54) is 18.3 Å². The van der Waals surface area contributed by atoms with Crippen LogP contribution in [0.2, 0.25) is 0 Å². The van der Waals surface area contributed by atoms with Crippen molar-refractivity contribution in [1.82, 2.24) is 9.88 Å². The van der Waals surface area contributed by atoms with E-state index in [4.69, 9.17) is 5.26 Å². The number of carbonyl (C=O) groups excluding carboxylic acids is 1. The van der Waals surface area contributed by atoms with Gasteiger partial charge in [-0.05, 0) is 42.2 Å². The van der Waals surface area contributed by atoms with Gasteiger partial charge in [0.2, 0.25) is 0 Å². The first-order chi connectivity index (χ1) is 11.1. The molecule has 0 spiro atoms. The van der Waals surface area contributed by atoms with Crippen LogP contribution in [0.3, 0.4) is 0 Å². The van der Waals surface area contributed by atoms with Gasteiger partial charge in [-0.1, -0.05) is 19.1 Å². The Bertz CT molecular complexity index is 767. The highest BCUT2D eigenvalue weighted by Gasteiger charge is 2.36. The molecule has 0 aliphatic carbocycles. The van der Waals surface area contributed by atoms with Crippen molar-refractivity contribution in [2.45, 2.75) is 19.4 Å². The van der Waals surface area contributed by atoms with E-state index in [2.05, 4.69) is 11.9 Å². The van der Waals surface area contributed by atoms with Crippen molar-refractivity contribution in [1.29, 1.82) is 5.26 Å². The molecule has 1 aromatic carbocycles. The van der Waals surface area contributed by atoms with E-state index in [1.807, 2.05) is 12.1 Å². The third-order valence-corrected chi connectivity index (χ3v) is 4.26. The zero-order valence-corrected chi connectivity index (χ0v) is 12.7. The fourth-order valence-corrected chi connectivity index (χ4v) is 3.11. The molecule has 23 heavy (non-hydrogen) atoms. The van der Waals surface area contributed by atoms with Crippen molar-refractivity contribution in [2.75, 3.05) is 6.54 Å². The summed E-state index contributed by atoms with van der Waals surface area (Å²) in [7, 11) is 0. The van der Waals surface area contributed by atoms with Crippen LogP contribution in [0.1, 0.15) is 41.0 Å². The second-order valence-corrected chi connectivity index (χ2v) is 5.81. The Morgan fingerprint density at radius 3 is 2.87 bits per heavy atom. The highest BCUT2D eigenvalue weighted by atomic mass is 19.1. The molecule has 0 saturated carbocycles. The number of hydrogen-bond acceptors (Lipinski definition) is 3. The number of rotatable bonds is 2. The number of nitriles is 1. The van der Waals surface area contributed by atoms with E-state index in [9.17, 15) is 9.18 Å². The normalized spacial score (nSPS) is 20.3. The van der Waals surface area contributed by atoms with Crippen LogP contribution in [-0.2, 0) is 0 Å². The molecule has 2 aromatic rings. The van der Waals surface area contributed by atoms with Gasteiger partial charge in [0.25, 0.3) is 5.91 Å². The maximum Gasteiger partial charge on any atom is 0.272 e. The molecule has 0 radical (unpaired) electrons. The predicted molar refractivity (Wildman–Crippen MR) is 82.9 cm³/mol. The minimum atomic E-state index is -0.300. The second kappa shape index (κ2) is 6.17. The van der Waals surface area contributed by atoms with Crippen molar-refractivity contribution in [3.63, 3.8) is 0 Å². The molecule has 4 nitrogen and oxygen atoms in total. The molecule has 0 N–H and O–H groups in total. The van der Waals surface area contributed by atoms with Gasteiger partial charge < -0.3 is 4.90 Å². The Hall–Kier alpha value is -2.74. The van der Waals surface area contributed by atoms with Crippen LogP contribution in [0, 0.1) is 23.1 Å². The molecule has 1 amide bonds. The number of likely N-dealkylation sites (tertiary alicyclic amines) is 1. The minimum absolute atomic E-state index is 0.157. The molecule has 116 valence electrons. The van der Waals surface area contributed by atoms with E-state index in [0.717, 1.165) is 12.0 Å². The summed E-state index contributed by atoms with van der Waals surface area (Å²) in [5, 5.41) is 8.81. The van der Waals surface area contributed by atoms with Crippen molar-refractivity contribution < 1.29 is 9.18 Å². The molecular weight excluding hydrogens is 293 g/mol. The Kier molecular flexibility index (Phi) is 4.07. The van der Waals surface area contributed by atoms with Crippen LogP contribution in [0.4, 0.5) is 4.39 Å². The summed E-state index contributed by atoms with van der Waals surface area (Å²) in [6.07, 6.45) is 2.26. The molecule has 0 unspecified atom stereocenters. The lowest BCUT2D eigenvalue weighted by Gasteiger charge is -2.27. The quantitative estimate of drug-likeness (QED) is 0.855. The molecule has 2 atom stereocenters. The van der Waals surface area contributed by atoms with E-state index >= 15 is 0 Å². The molecule has 1 saturated heterocycles. The topological polar surface area (TPSA) is 57.0 Å². The number of carbonyl (C=O) groups is 1. The number of hydrogen-bond donors (Lipinski definition) is 0. The molecule has 1 aliphatic heterocycles. The first-order valence-corrected chi connectivity index (χ1v) is 7.52. The van der Waals surface area contributed by atoms with Crippen LogP contribution in [-0.4, -0.2) is 22.3 Å². The molecular formula is C18H16FN3O. The van der Waals surface area contributed by atoms with Gasteiger partial charge in [0, 0.05) is 12.7 Å². The Balaban J connectivity index is 1.90. The summed E-state index contributed by atoms with van der Waals surface area (Å²) in [5.74, 6) is -0.238. The highest BCUT2D eigenvalue weighted by molar-refractivity contribution is 5.92. The summed E-state index contributed by atoms with van der Waals surface area (Å²) in [6, 6.07) is 11.4. The molecule has 0 bridgehead atoms. The monoisotopic (exact) mass is 309 g/mol. The van der Waals surface area contributed by atoms with Crippen LogP contribution in [0.25, 0.3) is 0 Å². The first kappa shape index (κ1) is 15.2. The Morgan fingerprint density at radius 1 is 1.39 bits per heavy atom. The standard InChI is InChI=1S/C18H16FN3O/c1-12-7-8-22(17(12)14-3-2-4-15(19)9-14)18(23)16-6-5-13(10-20)11-21-16/h2-6,9,11-12,17H,7-8H2,1H3/t12-,17+/m0/s1.